The number of ether oxygens (including phenoxy) is 1. The summed E-state index contributed by atoms with van der Waals surface area (Å²) in [7, 11) is 0. The van der Waals surface area contributed by atoms with Gasteiger partial charge in [-0.15, -0.1) is 0 Å². The zero-order chi connectivity index (χ0) is 18.5. The standard InChI is InChI=1S/C19H17N3O3S/c1-13(2)14-8-10-15(11-9-14)25-18-17(22(23)24)19(21-12-20-18)26-16-6-4-3-5-7-16/h3-13H,1-2H3. The molecule has 0 radical (unpaired) electrons. The Bertz CT molecular complexity index is 900. The van der Waals surface area contributed by atoms with Crippen LogP contribution in [0.5, 0.6) is 11.6 Å². The lowest BCUT2D eigenvalue weighted by Gasteiger charge is -2.09. The van der Waals surface area contributed by atoms with Crippen LogP contribution in [0.2, 0.25) is 0 Å². The SMILES string of the molecule is CC(C)c1ccc(Oc2ncnc(Sc3ccccc3)c2[N+](=O)[O-])cc1. The molecule has 3 rings (SSSR count). The fourth-order valence-corrected chi connectivity index (χ4v) is 3.16. The summed E-state index contributed by atoms with van der Waals surface area (Å²) in [5.74, 6) is 0.818. The van der Waals surface area contributed by atoms with Crippen molar-refractivity contribution in [3.8, 4) is 11.6 Å². The Morgan fingerprint density at radius 2 is 1.73 bits per heavy atom. The first-order valence-corrected chi connectivity index (χ1v) is 8.86. The second-order valence-corrected chi connectivity index (χ2v) is 6.89. The fourth-order valence-electron chi connectivity index (χ4n) is 2.29. The van der Waals surface area contributed by atoms with E-state index in [0.29, 0.717) is 11.7 Å². The molecule has 7 heteroatoms. The molecular weight excluding hydrogens is 350 g/mol. The van der Waals surface area contributed by atoms with Gasteiger partial charge in [-0.05, 0) is 35.7 Å². The van der Waals surface area contributed by atoms with E-state index in [4.69, 9.17) is 4.74 Å². The molecular formula is C19H17N3O3S. The molecule has 0 N–H and O–H groups in total. The van der Waals surface area contributed by atoms with Gasteiger partial charge in [0, 0.05) is 4.90 Å². The minimum absolute atomic E-state index is 0.0688. The first kappa shape index (κ1) is 17.9. The third-order valence-corrected chi connectivity index (χ3v) is 4.66. The van der Waals surface area contributed by atoms with E-state index < -0.39 is 4.92 Å². The number of nitrogens with zero attached hydrogens (tertiary/aromatic N) is 3. The Labute approximate surface area is 155 Å². The first-order valence-electron chi connectivity index (χ1n) is 8.04. The van der Waals surface area contributed by atoms with Crippen LogP contribution in [-0.4, -0.2) is 14.9 Å². The summed E-state index contributed by atoms with van der Waals surface area (Å²) in [6.45, 7) is 4.19. The molecule has 1 aromatic heterocycles. The number of nitro groups is 1. The summed E-state index contributed by atoms with van der Waals surface area (Å²) in [5, 5.41) is 11.8. The summed E-state index contributed by atoms with van der Waals surface area (Å²) in [4.78, 5) is 20.0. The summed E-state index contributed by atoms with van der Waals surface area (Å²) >= 11 is 1.20. The molecule has 0 aliphatic heterocycles. The van der Waals surface area contributed by atoms with Gasteiger partial charge < -0.3 is 4.74 Å². The van der Waals surface area contributed by atoms with Crippen molar-refractivity contribution in [3.63, 3.8) is 0 Å². The number of hydrogen-bond donors (Lipinski definition) is 0. The Morgan fingerprint density at radius 1 is 1.04 bits per heavy atom. The Morgan fingerprint density at radius 3 is 2.35 bits per heavy atom. The van der Waals surface area contributed by atoms with E-state index in [1.54, 1.807) is 12.1 Å². The van der Waals surface area contributed by atoms with Gasteiger partial charge in [-0.1, -0.05) is 55.9 Å². The Kier molecular flexibility index (Phi) is 5.48. The second-order valence-electron chi connectivity index (χ2n) is 5.83. The topological polar surface area (TPSA) is 78.2 Å². The monoisotopic (exact) mass is 367 g/mol. The highest BCUT2D eigenvalue weighted by Gasteiger charge is 2.25. The molecule has 0 aliphatic rings. The van der Waals surface area contributed by atoms with Gasteiger partial charge in [0.15, 0.2) is 5.03 Å². The van der Waals surface area contributed by atoms with E-state index in [-0.39, 0.29) is 16.6 Å². The third kappa shape index (κ3) is 4.18. The van der Waals surface area contributed by atoms with E-state index in [0.717, 1.165) is 10.5 Å². The maximum Gasteiger partial charge on any atom is 0.363 e. The summed E-state index contributed by atoms with van der Waals surface area (Å²) in [6.07, 6.45) is 1.27. The molecule has 0 saturated carbocycles. The third-order valence-electron chi connectivity index (χ3n) is 3.66. The van der Waals surface area contributed by atoms with Crippen molar-refractivity contribution in [2.75, 3.05) is 0 Å². The molecule has 1 heterocycles. The number of rotatable bonds is 6. The molecule has 2 aromatic carbocycles. The Hall–Kier alpha value is -2.93. The maximum atomic E-state index is 11.6. The lowest BCUT2D eigenvalue weighted by Crippen LogP contribution is -2.00. The van der Waals surface area contributed by atoms with Crippen LogP contribution in [-0.2, 0) is 0 Å². The maximum absolute atomic E-state index is 11.6. The van der Waals surface area contributed by atoms with Crippen LogP contribution in [0.25, 0.3) is 0 Å². The van der Waals surface area contributed by atoms with Crippen molar-refractivity contribution in [1.29, 1.82) is 0 Å². The van der Waals surface area contributed by atoms with Crippen LogP contribution < -0.4 is 4.74 Å². The van der Waals surface area contributed by atoms with Gasteiger partial charge in [0.2, 0.25) is 0 Å². The summed E-state index contributed by atoms with van der Waals surface area (Å²) in [6, 6.07) is 16.8. The highest BCUT2D eigenvalue weighted by Crippen LogP contribution is 2.39. The van der Waals surface area contributed by atoms with Crippen molar-refractivity contribution >= 4 is 17.4 Å². The van der Waals surface area contributed by atoms with Crippen LogP contribution in [0, 0.1) is 10.1 Å². The van der Waals surface area contributed by atoms with E-state index >= 15 is 0 Å². The van der Waals surface area contributed by atoms with E-state index in [2.05, 4.69) is 23.8 Å². The lowest BCUT2D eigenvalue weighted by molar-refractivity contribution is -0.389. The molecule has 3 aromatic rings. The second kappa shape index (κ2) is 7.97. The van der Waals surface area contributed by atoms with Gasteiger partial charge in [-0.3, -0.25) is 10.1 Å². The van der Waals surface area contributed by atoms with Gasteiger partial charge >= 0.3 is 11.6 Å². The van der Waals surface area contributed by atoms with E-state index in [9.17, 15) is 10.1 Å². The largest absolute Gasteiger partial charge is 0.434 e. The minimum Gasteiger partial charge on any atom is -0.434 e. The molecule has 0 aliphatic carbocycles. The van der Waals surface area contributed by atoms with Crippen LogP contribution in [0.4, 0.5) is 5.69 Å². The number of hydrogen-bond acceptors (Lipinski definition) is 6. The zero-order valence-corrected chi connectivity index (χ0v) is 15.1. The van der Waals surface area contributed by atoms with Crippen LogP contribution in [0.3, 0.4) is 0 Å². The van der Waals surface area contributed by atoms with Gasteiger partial charge in [0.05, 0.1) is 4.92 Å². The average Bonchev–Trinajstić information content (AvgIpc) is 2.63. The molecule has 0 atom stereocenters. The summed E-state index contributed by atoms with van der Waals surface area (Å²) in [5.41, 5.74) is 0.921. The van der Waals surface area contributed by atoms with Gasteiger partial charge in [0.25, 0.3) is 0 Å². The molecule has 0 unspecified atom stereocenters. The van der Waals surface area contributed by atoms with Crippen LogP contribution in [0.15, 0.2) is 70.8 Å². The number of aromatic nitrogens is 2. The molecule has 0 spiro atoms. The predicted molar refractivity (Wildman–Crippen MR) is 99.9 cm³/mol. The quantitative estimate of drug-likeness (QED) is 0.327. The van der Waals surface area contributed by atoms with E-state index in [1.165, 1.54) is 18.1 Å². The molecule has 0 bridgehead atoms. The lowest BCUT2D eigenvalue weighted by atomic mass is 10.0. The smallest absolute Gasteiger partial charge is 0.363 e. The van der Waals surface area contributed by atoms with Crippen molar-refractivity contribution in [2.24, 2.45) is 0 Å². The zero-order valence-electron chi connectivity index (χ0n) is 14.3. The highest BCUT2D eigenvalue weighted by molar-refractivity contribution is 7.99. The van der Waals surface area contributed by atoms with Gasteiger partial charge in [-0.25, -0.2) is 4.98 Å². The highest BCUT2D eigenvalue weighted by atomic mass is 32.2. The van der Waals surface area contributed by atoms with E-state index in [1.807, 2.05) is 42.5 Å². The fraction of sp³-hybridized carbons (Fsp3) is 0.158. The Balaban J connectivity index is 1.91. The van der Waals surface area contributed by atoms with Crippen LogP contribution >= 0.6 is 11.8 Å². The molecule has 0 saturated heterocycles. The molecule has 0 fully saturated rings. The van der Waals surface area contributed by atoms with Gasteiger partial charge in [-0.2, -0.15) is 4.98 Å². The van der Waals surface area contributed by atoms with Crippen molar-refractivity contribution in [3.05, 3.63) is 76.6 Å². The molecule has 132 valence electrons. The van der Waals surface area contributed by atoms with Crippen molar-refractivity contribution < 1.29 is 9.66 Å². The van der Waals surface area contributed by atoms with Crippen molar-refractivity contribution in [2.45, 2.75) is 29.7 Å². The molecule has 0 amide bonds. The summed E-state index contributed by atoms with van der Waals surface area (Å²) < 4.78 is 5.68. The predicted octanol–water partition coefficient (Wildman–Crippen LogP) is 5.45. The normalized spacial score (nSPS) is 10.7. The van der Waals surface area contributed by atoms with Crippen LogP contribution in [0.1, 0.15) is 25.3 Å². The molecule has 26 heavy (non-hydrogen) atoms. The number of benzene rings is 2. The molecule has 6 nitrogen and oxygen atoms in total. The van der Waals surface area contributed by atoms with Crippen molar-refractivity contribution in [1.82, 2.24) is 9.97 Å². The average molecular weight is 367 g/mol. The van der Waals surface area contributed by atoms with Gasteiger partial charge in [0.1, 0.15) is 12.1 Å². The minimum atomic E-state index is -0.511. The first-order chi connectivity index (χ1) is 12.5.